The molecule has 8 nitrogen and oxygen atoms in total. The SMILES string of the molecule is COC(=O)Nc1nc2ccc(C3(O)c4ccccc4C(=O)N3c3cccc(F)c3F)cc2[nH]1. The van der Waals surface area contributed by atoms with Crippen LogP contribution in [0.1, 0.15) is 21.5 Å². The summed E-state index contributed by atoms with van der Waals surface area (Å²) in [6.45, 7) is 0. The maximum absolute atomic E-state index is 14.8. The third kappa shape index (κ3) is 3.03. The normalized spacial score (nSPS) is 17.3. The van der Waals surface area contributed by atoms with Crippen molar-refractivity contribution in [2.45, 2.75) is 5.72 Å². The Morgan fingerprint density at radius 2 is 1.94 bits per heavy atom. The van der Waals surface area contributed by atoms with Gasteiger partial charge in [-0.2, -0.15) is 0 Å². The zero-order valence-corrected chi connectivity index (χ0v) is 17.1. The fourth-order valence-corrected chi connectivity index (χ4v) is 4.03. The van der Waals surface area contributed by atoms with Crippen LogP contribution in [0.3, 0.4) is 0 Å². The van der Waals surface area contributed by atoms with Crippen molar-refractivity contribution in [3.63, 3.8) is 0 Å². The van der Waals surface area contributed by atoms with E-state index in [-0.39, 0.29) is 22.6 Å². The average molecular weight is 450 g/mol. The molecular formula is C23H16F2N4O4. The van der Waals surface area contributed by atoms with Crippen LogP contribution >= 0.6 is 0 Å². The molecule has 0 spiro atoms. The van der Waals surface area contributed by atoms with E-state index in [1.807, 2.05) is 0 Å². The molecule has 1 atom stereocenters. The van der Waals surface area contributed by atoms with Crippen LogP contribution in [0.25, 0.3) is 11.0 Å². The number of amides is 2. The monoisotopic (exact) mass is 450 g/mol. The Hall–Kier alpha value is -4.31. The number of hydrogen-bond donors (Lipinski definition) is 3. The van der Waals surface area contributed by atoms with E-state index < -0.39 is 35.0 Å². The highest BCUT2D eigenvalue weighted by Crippen LogP contribution is 2.46. The summed E-state index contributed by atoms with van der Waals surface area (Å²) in [7, 11) is 1.21. The van der Waals surface area contributed by atoms with Gasteiger partial charge in [-0.1, -0.05) is 30.3 Å². The number of aliphatic hydroxyl groups is 1. The second-order valence-corrected chi connectivity index (χ2v) is 7.37. The molecule has 10 heteroatoms. The highest BCUT2D eigenvalue weighted by atomic mass is 19.2. The summed E-state index contributed by atoms with van der Waals surface area (Å²) in [5.74, 6) is -2.99. The van der Waals surface area contributed by atoms with Gasteiger partial charge in [-0.25, -0.2) is 18.6 Å². The number of carbonyl (C=O) groups excluding carboxylic acids is 2. The summed E-state index contributed by atoms with van der Waals surface area (Å²) < 4.78 is 33.4. The lowest BCUT2D eigenvalue weighted by Gasteiger charge is -2.35. The molecule has 3 aromatic carbocycles. The lowest BCUT2D eigenvalue weighted by molar-refractivity contribution is 0.0698. The minimum atomic E-state index is -2.14. The molecule has 1 aliphatic heterocycles. The van der Waals surface area contributed by atoms with Gasteiger partial charge in [0, 0.05) is 16.7 Å². The number of nitrogens with zero attached hydrogens (tertiary/aromatic N) is 2. The van der Waals surface area contributed by atoms with Gasteiger partial charge >= 0.3 is 6.09 Å². The van der Waals surface area contributed by atoms with E-state index >= 15 is 0 Å². The standard InChI is InChI=1S/C23H16F2N4O4/c1-33-22(31)28-21-26-16-10-9-12(11-17(16)27-21)23(32)14-6-3-2-5-13(14)20(30)29(23)18-8-4-7-15(24)19(18)25/h2-11,32H,1H3,(H2,26,27,28,31). The van der Waals surface area contributed by atoms with Gasteiger partial charge < -0.3 is 14.8 Å². The average Bonchev–Trinajstić information content (AvgIpc) is 3.32. The number of carbonyl (C=O) groups is 2. The van der Waals surface area contributed by atoms with Gasteiger partial charge in [0.25, 0.3) is 5.91 Å². The highest BCUT2D eigenvalue weighted by Gasteiger charge is 2.51. The molecule has 4 aromatic rings. The van der Waals surface area contributed by atoms with Crippen molar-refractivity contribution in [3.8, 4) is 0 Å². The summed E-state index contributed by atoms with van der Waals surface area (Å²) in [4.78, 5) is 32.7. The van der Waals surface area contributed by atoms with Crippen molar-refractivity contribution in [1.82, 2.24) is 9.97 Å². The number of aromatic amines is 1. The molecule has 166 valence electrons. The highest BCUT2D eigenvalue weighted by molar-refractivity contribution is 6.12. The van der Waals surface area contributed by atoms with Crippen LogP contribution in [0.15, 0.2) is 60.7 Å². The number of benzene rings is 3. The molecule has 1 unspecified atom stereocenters. The Morgan fingerprint density at radius 1 is 1.15 bits per heavy atom. The first-order chi connectivity index (χ1) is 15.8. The number of methoxy groups -OCH3 is 1. The predicted molar refractivity (Wildman–Crippen MR) is 115 cm³/mol. The summed E-state index contributed by atoms with van der Waals surface area (Å²) in [5, 5.41) is 14.4. The third-order valence-electron chi connectivity index (χ3n) is 5.52. The van der Waals surface area contributed by atoms with Crippen molar-refractivity contribution in [3.05, 3.63) is 89.0 Å². The number of H-pyrrole nitrogens is 1. The van der Waals surface area contributed by atoms with Gasteiger partial charge in [0.15, 0.2) is 17.4 Å². The number of halogens is 2. The van der Waals surface area contributed by atoms with Crippen LogP contribution < -0.4 is 10.2 Å². The number of fused-ring (bicyclic) bond motifs is 2. The summed E-state index contributed by atoms with van der Waals surface area (Å²) in [6, 6.07) is 14.3. The zero-order valence-electron chi connectivity index (χ0n) is 17.1. The molecule has 3 N–H and O–H groups in total. The van der Waals surface area contributed by atoms with Crippen molar-refractivity contribution < 1.29 is 28.2 Å². The Kier molecular flexibility index (Phi) is 4.61. The van der Waals surface area contributed by atoms with Crippen LogP contribution in [0, 0.1) is 11.6 Å². The van der Waals surface area contributed by atoms with Crippen LogP contribution in [0.5, 0.6) is 0 Å². The van der Waals surface area contributed by atoms with Gasteiger partial charge in [0.1, 0.15) is 0 Å². The Labute approximate surface area is 185 Å². The maximum atomic E-state index is 14.8. The Bertz CT molecular complexity index is 1440. The minimum Gasteiger partial charge on any atom is -0.453 e. The molecular weight excluding hydrogens is 434 g/mol. The first kappa shape index (κ1) is 20.6. The van der Waals surface area contributed by atoms with Crippen LogP contribution in [-0.4, -0.2) is 34.2 Å². The second-order valence-electron chi connectivity index (χ2n) is 7.37. The van der Waals surface area contributed by atoms with Crippen molar-refractivity contribution in [1.29, 1.82) is 0 Å². The zero-order chi connectivity index (χ0) is 23.3. The van der Waals surface area contributed by atoms with Gasteiger partial charge in [0.2, 0.25) is 5.95 Å². The molecule has 0 bridgehead atoms. The summed E-state index contributed by atoms with van der Waals surface area (Å²) >= 11 is 0. The molecule has 33 heavy (non-hydrogen) atoms. The number of rotatable bonds is 3. The minimum absolute atomic E-state index is 0.108. The van der Waals surface area contributed by atoms with E-state index in [1.54, 1.807) is 24.3 Å². The number of aromatic nitrogens is 2. The Balaban J connectivity index is 1.70. The van der Waals surface area contributed by atoms with Crippen LogP contribution in [-0.2, 0) is 10.5 Å². The van der Waals surface area contributed by atoms with Crippen molar-refractivity contribution in [2.75, 3.05) is 17.3 Å². The van der Waals surface area contributed by atoms with Crippen molar-refractivity contribution >= 4 is 34.7 Å². The molecule has 0 fully saturated rings. The molecule has 0 saturated heterocycles. The van der Waals surface area contributed by atoms with Gasteiger partial charge in [-0.15, -0.1) is 0 Å². The maximum Gasteiger partial charge on any atom is 0.413 e. The van der Waals surface area contributed by atoms with E-state index in [0.29, 0.717) is 11.0 Å². The molecule has 1 aliphatic rings. The van der Waals surface area contributed by atoms with Crippen LogP contribution in [0.2, 0.25) is 0 Å². The third-order valence-corrected chi connectivity index (χ3v) is 5.52. The molecule has 0 radical (unpaired) electrons. The lowest BCUT2D eigenvalue weighted by Crippen LogP contribution is -2.45. The number of hydrogen-bond acceptors (Lipinski definition) is 5. The van der Waals surface area contributed by atoms with E-state index in [4.69, 9.17) is 0 Å². The molecule has 5 rings (SSSR count). The smallest absolute Gasteiger partial charge is 0.413 e. The fourth-order valence-electron chi connectivity index (χ4n) is 4.03. The Morgan fingerprint density at radius 3 is 2.73 bits per heavy atom. The van der Waals surface area contributed by atoms with E-state index in [0.717, 1.165) is 11.0 Å². The number of imidazole rings is 1. The van der Waals surface area contributed by atoms with Crippen molar-refractivity contribution in [2.24, 2.45) is 0 Å². The number of nitrogens with one attached hydrogen (secondary N) is 2. The first-order valence-electron chi connectivity index (χ1n) is 9.80. The first-order valence-corrected chi connectivity index (χ1v) is 9.80. The van der Waals surface area contributed by atoms with Crippen LogP contribution in [0.4, 0.5) is 25.2 Å². The predicted octanol–water partition coefficient (Wildman–Crippen LogP) is 3.87. The van der Waals surface area contributed by atoms with E-state index in [2.05, 4.69) is 20.0 Å². The largest absolute Gasteiger partial charge is 0.453 e. The quantitative estimate of drug-likeness (QED) is 0.439. The molecule has 0 saturated carbocycles. The molecule has 0 aliphatic carbocycles. The molecule has 2 amide bonds. The van der Waals surface area contributed by atoms with E-state index in [9.17, 15) is 23.5 Å². The molecule has 1 aromatic heterocycles. The van der Waals surface area contributed by atoms with E-state index in [1.165, 1.54) is 37.4 Å². The van der Waals surface area contributed by atoms with Gasteiger partial charge in [-0.3, -0.25) is 15.0 Å². The summed E-state index contributed by atoms with van der Waals surface area (Å²) in [5.41, 5.74) is -1.11. The fraction of sp³-hybridized carbons (Fsp3) is 0.0870. The number of ether oxygens (including phenoxy) is 1. The summed E-state index contributed by atoms with van der Waals surface area (Å²) in [6.07, 6.45) is -0.726. The lowest BCUT2D eigenvalue weighted by atomic mass is 9.93. The second kappa shape index (κ2) is 7.38. The topological polar surface area (TPSA) is 108 Å². The van der Waals surface area contributed by atoms with Gasteiger partial charge in [0.05, 0.1) is 23.8 Å². The molecule has 2 heterocycles. The van der Waals surface area contributed by atoms with Gasteiger partial charge in [-0.05, 0) is 30.3 Å². The number of anilines is 2.